The number of aromatic nitrogens is 2. The molecule has 18 atom stereocenters. The molecular weight excluding hydrogens is 1750 g/mol. The maximum absolute atomic E-state index is 16.3. The summed E-state index contributed by atoms with van der Waals surface area (Å²) in [7, 11) is 1.45. The second-order valence-electron chi connectivity index (χ2n) is 31.4. The predicted molar refractivity (Wildman–Crippen MR) is 440 cm³/mol. The van der Waals surface area contributed by atoms with Crippen LogP contribution < -0.4 is 94.8 Å². The van der Waals surface area contributed by atoms with Gasteiger partial charge in [0.2, 0.25) is 59.3 Å². The molecule has 7 aromatic rings. The number of carbonyl (C=O) groups is 10. The zero-order chi connectivity index (χ0) is 93.7. The van der Waals surface area contributed by atoms with Crippen LogP contribution in [0.3, 0.4) is 0 Å². The van der Waals surface area contributed by atoms with Gasteiger partial charge in [-0.2, -0.15) is 4.98 Å². The predicted octanol–water partition coefficient (Wildman–Crippen LogP) is 0.689. The third-order valence-electron chi connectivity index (χ3n) is 21.6. The van der Waals surface area contributed by atoms with E-state index in [4.69, 9.17) is 63.1 Å². The molecule has 7 aliphatic rings. The second kappa shape index (κ2) is 39.9. The molecule has 0 spiro atoms. The number of aromatic hydroxyl groups is 3. The summed E-state index contributed by atoms with van der Waals surface area (Å²) in [4.78, 5) is 162. The van der Waals surface area contributed by atoms with E-state index >= 15 is 24.0 Å². The fourth-order valence-corrected chi connectivity index (χ4v) is 15.6. The SMILES string of the molecule is CN[C@H](CC(C)C)C(=O)N[C@H]1C(=O)NC(CC(N)=O)C(=O)NC2C(=O)N[C@H]3C(=O)N[C@H](C(=O)N[C@@H](C(=O)NNC(N)=O)c4cc(O)cc(O)c4-c4cc3ccc4O)[C@H](O)c3ccc(c(Cl)c3)Oc3cc2cc(c3O[C@@H]2O[C@H](CO)[C@@H](O)[C@H](O)[C@H]2O[C@H]2C[C@](C)(NCCn3ccc(NC(=O)Cc4ccc(OC(F)(F)F)cc4)nc3=O)[C@H](O)C(C)O2)Oc2ccc(cc2Cl)[C@H]1O. The number of carbonyl (C=O) groups excluding carboxylic acids is 10. The van der Waals surface area contributed by atoms with Crippen LogP contribution in [0, 0.1) is 5.92 Å². The average Bonchev–Trinajstić information content (AvgIpc) is 0.764. The first-order valence-electron chi connectivity index (χ1n) is 39.7. The summed E-state index contributed by atoms with van der Waals surface area (Å²) in [5, 5.41) is 129. The number of urea groups is 1. The monoisotopic (exact) mass is 1840 g/mol. The number of hydrogen-bond donors (Lipinski definition) is 22. The number of primary amides is 2. The largest absolute Gasteiger partial charge is 0.573 e. The number of nitrogens with two attached hydrogens (primary N) is 2. The number of phenols is 3. The van der Waals surface area contributed by atoms with Crippen molar-refractivity contribution in [1.29, 1.82) is 0 Å². The van der Waals surface area contributed by atoms with Gasteiger partial charge in [0, 0.05) is 48.4 Å². The Morgan fingerprint density at radius 3 is 1.96 bits per heavy atom. The number of amides is 11. The summed E-state index contributed by atoms with van der Waals surface area (Å²) in [6.07, 6.45) is -24.1. The number of anilines is 1. The fourth-order valence-electron chi connectivity index (χ4n) is 15.2. The lowest BCUT2D eigenvalue weighted by molar-refractivity contribution is -0.334. The van der Waals surface area contributed by atoms with E-state index in [2.05, 4.69) is 57.6 Å². The van der Waals surface area contributed by atoms with Crippen LogP contribution in [0.2, 0.25) is 10.0 Å². The molecule has 11 amide bonds. The van der Waals surface area contributed by atoms with Crippen LogP contribution in [0.4, 0.5) is 23.8 Å². The molecule has 6 aromatic carbocycles. The minimum atomic E-state index is -4.95. The highest BCUT2D eigenvalue weighted by atomic mass is 35.5. The molecule has 42 nitrogen and oxygen atoms in total. The maximum Gasteiger partial charge on any atom is 0.573 e. The first-order valence-corrected chi connectivity index (χ1v) is 40.5. The van der Waals surface area contributed by atoms with Crippen molar-refractivity contribution in [3.05, 3.63) is 169 Å². The molecule has 0 radical (unpaired) electrons. The van der Waals surface area contributed by atoms with Crippen LogP contribution >= 0.6 is 23.2 Å². The van der Waals surface area contributed by atoms with Crippen molar-refractivity contribution in [3.63, 3.8) is 0 Å². The number of likely N-dealkylation sites (N-methyl/N-ethyl adjacent to an activating group) is 1. The highest BCUT2D eigenvalue weighted by molar-refractivity contribution is 6.32. The second-order valence-corrected chi connectivity index (χ2v) is 32.2. The van der Waals surface area contributed by atoms with Gasteiger partial charge >= 0.3 is 18.1 Å². The number of halogens is 5. The van der Waals surface area contributed by atoms with E-state index in [1.165, 1.54) is 44.4 Å². The standard InChI is InChI=1S/C82H90Cl2F3N15O27/c1-32(2)20-45(90-5)71(114)98-62-64(109)36-9-14-49(43(83)23-36)124-51-25-38-26-52(68(51)128-78-69(67(112)66(111)53(31-103)126-78)127-57-30-81(4,70(113)33(3)123-57)91-17-19-102-18-16-55(94-80(102)122)93-56(108)21-34-6-11-40(12-7-34)129-82(85,86)87)125-50-15-10-37(24-44(50)84)65(110)63-76(119)97-61(77(120)100-101-79(89)121)42-27-39(104)28-48(106)58(42)41-22-35(8-13-47(41)105)59(73(116)99-63)96-74(117)60(38)95-72(115)46(29-54(88)107)92-75(62)118/h6-16,18,22-28,32-33,45-46,53,57,59-67,69-70,78,90-91,103-106,109-113H,17,19-21,29-31H2,1-5H3,(H2,88,107)(H,92,118)(H,95,115)(H,96,117)(H,97,119)(H,98,114)(H,99,116)(H,100,120)(H3,89,101,121)(H,93,94,108,122)/t33?,45-,46?,53-,57+,59-,60?,61-,62-,63+,64-,65-,66-,67+,69-,70-,78+,81+/m1/s1. The molecule has 47 heteroatoms. The topological polar surface area (TPSA) is 637 Å². The maximum atomic E-state index is 16.3. The summed E-state index contributed by atoms with van der Waals surface area (Å²) < 4.78 is 82.5. The van der Waals surface area contributed by atoms with E-state index in [9.17, 15) is 87.9 Å². The van der Waals surface area contributed by atoms with E-state index in [1.807, 2.05) is 10.9 Å². The number of rotatable bonds is 21. The van der Waals surface area contributed by atoms with Crippen LogP contribution in [0.1, 0.15) is 111 Å². The Labute approximate surface area is 738 Å². The quantitative estimate of drug-likeness (QED) is 0.0440. The van der Waals surface area contributed by atoms with Crippen molar-refractivity contribution in [1.82, 2.24) is 62.9 Å². The normalized spacial score (nSPS) is 25.5. The third-order valence-corrected chi connectivity index (χ3v) is 22.2. The number of nitrogens with zero attached hydrogens (tertiary/aromatic N) is 2. The third kappa shape index (κ3) is 22.3. The van der Waals surface area contributed by atoms with Crippen molar-refractivity contribution < 1.29 is 140 Å². The summed E-state index contributed by atoms with van der Waals surface area (Å²) in [6.45, 7) is 5.28. The van der Waals surface area contributed by atoms with Gasteiger partial charge < -0.3 is 138 Å². The minimum absolute atomic E-state index is 0.108. The molecule has 7 aliphatic heterocycles. The zero-order valence-corrected chi connectivity index (χ0v) is 70.1. The fraction of sp³-hybridized carbons (Fsp3) is 0.390. The van der Waals surface area contributed by atoms with Gasteiger partial charge in [-0.3, -0.25) is 53.1 Å². The highest BCUT2D eigenvalue weighted by Gasteiger charge is 2.53. The first kappa shape index (κ1) is 95.3. The van der Waals surface area contributed by atoms with Gasteiger partial charge in [-0.1, -0.05) is 67.4 Å². The van der Waals surface area contributed by atoms with Crippen molar-refractivity contribution in [2.24, 2.45) is 17.4 Å². The molecule has 3 unspecified atom stereocenters. The smallest absolute Gasteiger partial charge is 0.508 e. The number of benzene rings is 6. The van der Waals surface area contributed by atoms with Crippen LogP contribution in [-0.2, 0) is 70.3 Å². The number of ether oxygens (including phenoxy) is 7. The van der Waals surface area contributed by atoms with Gasteiger partial charge in [0.15, 0.2) is 23.9 Å². The van der Waals surface area contributed by atoms with E-state index in [0.29, 0.717) is 5.56 Å². The molecule has 24 N–H and O–H groups in total. The van der Waals surface area contributed by atoms with Crippen LogP contribution in [-0.4, -0.2) is 220 Å². The highest BCUT2D eigenvalue weighted by Crippen LogP contribution is 2.50. The lowest BCUT2D eigenvalue weighted by Gasteiger charge is -2.48. The Balaban J connectivity index is 0.980. The molecule has 1 aromatic heterocycles. The number of fused-ring (bicyclic) bond motifs is 15. The van der Waals surface area contributed by atoms with Gasteiger partial charge in [0.1, 0.15) is 107 Å². The Morgan fingerprint density at radius 1 is 0.713 bits per heavy atom. The van der Waals surface area contributed by atoms with Crippen LogP contribution in [0.25, 0.3) is 11.1 Å². The summed E-state index contributed by atoms with van der Waals surface area (Å²) in [5.41, 5.74) is 9.67. The molecule has 11 bridgehead atoms. The van der Waals surface area contributed by atoms with Crippen molar-refractivity contribution in [3.8, 4) is 62.9 Å². The number of alkyl halides is 3. The molecule has 0 aliphatic carbocycles. The average molecular weight is 1850 g/mol. The number of nitrogens with one attached hydrogen (secondary N) is 11. The molecule has 129 heavy (non-hydrogen) atoms. The molecule has 2 saturated heterocycles. The van der Waals surface area contributed by atoms with E-state index < -0.39 is 283 Å². The molecule has 14 rings (SSSR count). The van der Waals surface area contributed by atoms with E-state index in [0.717, 1.165) is 89.5 Å². The number of phenolic OH excluding ortho intramolecular Hbond substituents is 3. The molecule has 8 heterocycles. The van der Waals surface area contributed by atoms with Crippen molar-refractivity contribution >= 4 is 88.2 Å². The van der Waals surface area contributed by atoms with Crippen molar-refractivity contribution in [2.45, 2.75) is 176 Å². The number of aliphatic hydroxyl groups excluding tert-OH is 6. The first-order chi connectivity index (χ1) is 61.0. The molecular formula is C82H90Cl2F3N15O27. The Morgan fingerprint density at radius 2 is 1.35 bits per heavy atom. The lowest BCUT2D eigenvalue weighted by atomic mass is 9.85. The summed E-state index contributed by atoms with van der Waals surface area (Å²) >= 11 is 14.3. The van der Waals surface area contributed by atoms with E-state index in [-0.39, 0.29) is 55.2 Å². The van der Waals surface area contributed by atoms with Gasteiger partial charge in [-0.25, -0.2) is 15.0 Å². The Kier molecular flexibility index (Phi) is 29.5. The van der Waals surface area contributed by atoms with Crippen LogP contribution in [0.15, 0.2) is 120 Å². The van der Waals surface area contributed by atoms with E-state index in [1.54, 1.807) is 20.8 Å². The lowest BCUT2D eigenvalue weighted by Crippen LogP contribution is -2.65. The molecule has 2 fully saturated rings. The van der Waals surface area contributed by atoms with Gasteiger partial charge in [-0.05, 0) is 139 Å². The van der Waals surface area contributed by atoms with Gasteiger partial charge in [-0.15, -0.1) is 13.2 Å². The summed E-state index contributed by atoms with van der Waals surface area (Å²) in [6, 6.07) is 2.93. The Hall–Kier alpha value is -12.8. The number of aliphatic hydroxyl groups is 6. The van der Waals surface area contributed by atoms with Crippen molar-refractivity contribution in [2.75, 3.05) is 25.5 Å². The van der Waals surface area contributed by atoms with Gasteiger partial charge in [0.05, 0.1) is 47.7 Å². The number of hydrazine groups is 1. The Bertz CT molecular complexity index is 5530. The molecule has 0 saturated carbocycles. The number of hydrogen-bond acceptors (Lipinski definition) is 30. The minimum Gasteiger partial charge on any atom is -0.508 e. The summed E-state index contributed by atoms with van der Waals surface area (Å²) in [5.74, 6) is -17.8. The molecule has 690 valence electrons. The zero-order valence-electron chi connectivity index (χ0n) is 68.6. The van der Waals surface area contributed by atoms with Crippen LogP contribution in [0.5, 0.6) is 51.7 Å². The van der Waals surface area contributed by atoms with Gasteiger partial charge in [0.25, 0.3) is 5.91 Å².